The lowest BCUT2D eigenvalue weighted by atomic mass is 9.97. The largest absolute Gasteiger partial charge is 0.277 e. The van der Waals surface area contributed by atoms with Crippen molar-refractivity contribution in [1.82, 2.24) is 20.2 Å². The van der Waals surface area contributed by atoms with Crippen molar-refractivity contribution in [3.63, 3.8) is 0 Å². The number of hydrogen-bond acceptors (Lipinski definition) is 3. The average molecular weight is 299 g/mol. The highest BCUT2D eigenvalue weighted by Crippen LogP contribution is 2.47. The Morgan fingerprint density at radius 2 is 2.10 bits per heavy atom. The van der Waals surface area contributed by atoms with E-state index in [1.54, 1.807) is 6.07 Å². The average Bonchev–Trinajstić information content (AvgIpc) is 3.04. The third kappa shape index (κ3) is 2.40. The van der Waals surface area contributed by atoms with E-state index in [9.17, 15) is 0 Å². The van der Waals surface area contributed by atoms with Crippen LogP contribution in [0.3, 0.4) is 0 Å². The smallest absolute Gasteiger partial charge is 0.133 e. The van der Waals surface area contributed by atoms with Crippen LogP contribution in [0.4, 0.5) is 0 Å². The van der Waals surface area contributed by atoms with Crippen LogP contribution >= 0.6 is 11.6 Å². The standard InChI is InChI=1S/C16H15ClN4/c1-16(4-5-16)8-10-2-3-12-11(6-10)15(21-20-12)13-7-14(17)19-9-18-13/h2-3,6-7,9H,4-5,8H2,1H3,(H,20,21). The predicted octanol–water partition coefficient (Wildman–Crippen LogP) is 4.02. The Morgan fingerprint density at radius 3 is 2.86 bits per heavy atom. The molecule has 5 heteroatoms. The number of benzene rings is 1. The van der Waals surface area contributed by atoms with Gasteiger partial charge < -0.3 is 0 Å². The minimum absolute atomic E-state index is 0.429. The van der Waals surface area contributed by atoms with Crippen molar-refractivity contribution in [2.75, 3.05) is 0 Å². The zero-order chi connectivity index (χ0) is 14.4. The number of nitrogens with zero attached hydrogens (tertiary/aromatic N) is 3. The van der Waals surface area contributed by atoms with E-state index < -0.39 is 0 Å². The second kappa shape index (κ2) is 4.53. The van der Waals surface area contributed by atoms with Crippen molar-refractivity contribution >= 4 is 22.5 Å². The molecule has 0 aliphatic heterocycles. The van der Waals surface area contributed by atoms with Gasteiger partial charge in [0.15, 0.2) is 0 Å². The minimum atomic E-state index is 0.429. The number of hydrogen-bond donors (Lipinski definition) is 1. The number of halogens is 1. The van der Waals surface area contributed by atoms with E-state index in [4.69, 9.17) is 11.6 Å². The van der Waals surface area contributed by atoms with Gasteiger partial charge in [-0.1, -0.05) is 24.6 Å². The number of aromatic amines is 1. The highest BCUT2D eigenvalue weighted by Gasteiger charge is 2.37. The van der Waals surface area contributed by atoms with E-state index in [1.807, 2.05) is 0 Å². The lowest BCUT2D eigenvalue weighted by Crippen LogP contribution is -1.98. The third-order valence-corrected chi connectivity index (χ3v) is 4.44. The highest BCUT2D eigenvalue weighted by molar-refractivity contribution is 6.29. The molecule has 1 saturated carbocycles. The fraction of sp³-hybridized carbons (Fsp3) is 0.312. The normalized spacial score (nSPS) is 16.3. The molecule has 1 N–H and O–H groups in total. The maximum atomic E-state index is 5.95. The molecule has 0 radical (unpaired) electrons. The molecule has 4 nitrogen and oxygen atoms in total. The number of rotatable bonds is 3. The summed E-state index contributed by atoms with van der Waals surface area (Å²) in [5.41, 5.74) is 4.44. The Morgan fingerprint density at radius 1 is 1.24 bits per heavy atom. The zero-order valence-corrected chi connectivity index (χ0v) is 12.5. The summed E-state index contributed by atoms with van der Waals surface area (Å²) in [6, 6.07) is 8.23. The SMILES string of the molecule is CC1(Cc2ccc3[nH]nc(-c4cc(Cl)ncn4)c3c2)CC1. The first kappa shape index (κ1) is 12.8. The van der Waals surface area contributed by atoms with E-state index in [1.165, 1.54) is 24.7 Å². The predicted molar refractivity (Wildman–Crippen MR) is 83.2 cm³/mol. The second-order valence-electron chi connectivity index (χ2n) is 6.17. The number of H-pyrrole nitrogens is 1. The van der Waals surface area contributed by atoms with Gasteiger partial charge in [-0.05, 0) is 42.4 Å². The Kier molecular flexibility index (Phi) is 2.76. The molecule has 2 aromatic heterocycles. The van der Waals surface area contributed by atoms with Crippen molar-refractivity contribution < 1.29 is 0 Å². The molecular formula is C16H15ClN4. The van der Waals surface area contributed by atoms with Gasteiger partial charge in [0.2, 0.25) is 0 Å². The maximum Gasteiger partial charge on any atom is 0.133 e. The molecule has 0 unspecified atom stereocenters. The van der Waals surface area contributed by atoms with Gasteiger partial charge in [-0.25, -0.2) is 9.97 Å². The summed E-state index contributed by atoms with van der Waals surface area (Å²) in [5, 5.41) is 8.96. The summed E-state index contributed by atoms with van der Waals surface area (Å²) in [5.74, 6) is 0. The van der Waals surface area contributed by atoms with E-state index in [-0.39, 0.29) is 0 Å². The summed E-state index contributed by atoms with van der Waals surface area (Å²) in [7, 11) is 0. The number of fused-ring (bicyclic) bond motifs is 1. The summed E-state index contributed by atoms with van der Waals surface area (Å²) < 4.78 is 0. The van der Waals surface area contributed by atoms with Crippen LogP contribution in [0.25, 0.3) is 22.3 Å². The van der Waals surface area contributed by atoms with Crippen molar-refractivity contribution in [3.05, 3.63) is 41.3 Å². The van der Waals surface area contributed by atoms with Crippen molar-refractivity contribution in [2.45, 2.75) is 26.2 Å². The lowest BCUT2D eigenvalue weighted by molar-refractivity contribution is 0.571. The Labute approximate surface area is 127 Å². The first-order valence-corrected chi connectivity index (χ1v) is 7.46. The van der Waals surface area contributed by atoms with Gasteiger partial charge in [0.05, 0.1) is 11.2 Å². The van der Waals surface area contributed by atoms with Crippen LogP contribution in [0.1, 0.15) is 25.3 Å². The van der Waals surface area contributed by atoms with Gasteiger partial charge in [0, 0.05) is 11.5 Å². The van der Waals surface area contributed by atoms with Crippen LogP contribution in [0, 0.1) is 5.41 Å². The molecule has 0 atom stereocenters. The van der Waals surface area contributed by atoms with Crippen LogP contribution in [0.15, 0.2) is 30.6 Å². The van der Waals surface area contributed by atoms with E-state index in [2.05, 4.69) is 45.3 Å². The Balaban J connectivity index is 1.80. The second-order valence-corrected chi connectivity index (χ2v) is 6.55. The zero-order valence-electron chi connectivity index (χ0n) is 11.7. The summed E-state index contributed by atoms with van der Waals surface area (Å²) in [6.07, 6.45) is 5.24. The molecule has 1 aliphatic carbocycles. The highest BCUT2D eigenvalue weighted by atomic mass is 35.5. The van der Waals surface area contributed by atoms with Crippen LogP contribution in [-0.2, 0) is 6.42 Å². The van der Waals surface area contributed by atoms with E-state index >= 15 is 0 Å². The van der Waals surface area contributed by atoms with E-state index in [0.717, 1.165) is 28.7 Å². The molecule has 21 heavy (non-hydrogen) atoms. The van der Waals surface area contributed by atoms with Crippen LogP contribution in [0.2, 0.25) is 5.15 Å². The van der Waals surface area contributed by atoms with Crippen LogP contribution < -0.4 is 0 Å². The third-order valence-electron chi connectivity index (χ3n) is 4.24. The first-order valence-electron chi connectivity index (χ1n) is 7.08. The molecule has 0 saturated heterocycles. The fourth-order valence-corrected chi connectivity index (χ4v) is 2.86. The van der Waals surface area contributed by atoms with Crippen molar-refractivity contribution in [2.24, 2.45) is 5.41 Å². The number of nitrogens with one attached hydrogen (secondary N) is 1. The van der Waals surface area contributed by atoms with E-state index in [0.29, 0.717) is 10.6 Å². The molecule has 0 spiro atoms. The van der Waals surface area contributed by atoms with Gasteiger partial charge in [-0.3, -0.25) is 5.10 Å². The quantitative estimate of drug-likeness (QED) is 0.743. The summed E-state index contributed by atoms with van der Waals surface area (Å²) >= 11 is 5.95. The topological polar surface area (TPSA) is 54.5 Å². The minimum Gasteiger partial charge on any atom is -0.277 e. The maximum absolute atomic E-state index is 5.95. The van der Waals surface area contributed by atoms with Gasteiger partial charge in [-0.2, -0.15) is 5.10 Å². The van der Waals surface area contributed by atoms with Crippen molar-refractivity contribution in [1.29, 1.82) is 0 Å². The molecule has 1 aliphatic rings. The van der Waals surface area contributed by atoms with Gasteiger partial charge in [0.1, 0.15) is 17.2 Å². The van der Waals surface area contributed by atoms with Gasteiger partial charge in [0.25, 0.3) is 0 Å². The Bertz CT molecular complexity index is 820. The van der Waals surface area contributed by atoms with Crippen molar-refractivity contribution in [3.8, 4) is 11.4 Å². The Hall–Kier alpha value is -1.94. The lowest BCUT2D eigenvalue weighted by Gasteiger charge is -2.08. The molecule has 2 heterocycles. The summed E-state index contributed by atoms with van der Waals surface area (Å²) in [4.78, 5) is 8.19. The van der Waals surface area contributed by atoms with Gasteiger partial charge in [-0.15, -0.1) is 0 Å². The molecule has 0 amide bonds. The summed E-state index contributed by atoms with van der Waals surface area (Å²) in [6.45, 7) is 2.34. The first-order chi connectivity index (χ1) is 10.1. The molecule has 3 aromatic rings. The molecule has 4 rings (SSSR count). The molecule has 1 aromatic carbocycles. The fourth-order valence-electron chi connectivity index (χ4n) is 2.71. The molecule has 1 fully saturated rings. The van der Waals surface area contributed by atoms with Gasteiger partial charge >= 0.3 is 0 Å². The molecule has 0 bridgehead atoms. The molecular weight excluding hydrogens is 284 g/mol. The number of aromatic nitrogens is 4. The van der Waals surface area contributed by atoms with Crippen LogP contribution in [-0.4, -0.2) is 20.2 Å². The molecule has 106 valence electrons. The monoisotopic (exact) mass is 298 g/mol. The van der Waals surface area contributed by atoms with Crippen LogP contribution in [0.5, 0.6) is 0 Å².